The topological polar surface area (TPSA) is 21.3 Å². The zero-order valence-corrected chi connectivity index (χ0v) is 9.09. The Morgan fingerprint density at radius 2 is 2.36 bits per heavy atom. The molecule has 2 unspecified atom stereocenters. The van der Waals surface area contributed by atoms with Crippen molar-refractivity contribution in [2.45, 2.75) is 51.1 Å². The second-order valence-electron chi connectivity index (χ2n) is 3.91. The van der Waals surface area contributed by atoms with Crippen molar-refractivity contribution in [2.24, 2.45) is 0 Å². The molecule has 1 N–H and O–H groups in total. The summed E-state index contributed by atoms with van der Waals surface area (Å²) in [6.07, 6.45) is 11.1. The molecule has 1 aliphatic heterocycles. The van der Waals surface area contributed by atoms with Gasteiger partial charge >= 0.3 is 0 Å². The first kappa shape index (κ1) is 11.6. The number of ether oxygens (including phenoxy) is 1. The van der Waals surface area contributed by atoms with Gasteiger partial charge < -0.3 is 10.1 Å². The molecular weight excluding hydrogens is 174 g/mol. The zero-order valence-electron chi connectivity index (χ0n) is 9.09. The molecule has 0 aromatic heterocycles. The molecule has 1 heterocycles. The van der Waals surface area contributed by atoms with E-state index in [1.54, 1.807) is 0 Å². The first-order valence-corrected chi connectivity index (χ1v) is 5.66. The van der Waals surface area contributed by atoms with Crippen molar-refractivity contribution in [3.8, 4) is 12.3 Å². The monoisotopic (exact) mass is 195 g/mol. The van der Waals surface area contributed by atoms with Crippen molar-refractivity contribution >= 4 is 0 Å². The molecule has 0 bridgehead atoms. The summed E-state index contributed by atoms with van der Waals surface area (Å²) in [5.74, 6) is 2.82. The van der Waals surface area contributed by atoms with Crippen LogP contribution in [0.3, 0.4) is 0 Å². The van der Waals surface area contributed by atoms with Gasteiger partial charge in [-0.3, -0.25) is 0 Å². The Morgan fingerprint density at radius 3 is 3.07 bits per heavy atom. The van der Waals surface area contributed by atoms with E-state index in [9.17, 15) is 0 Å². The maximum atomic E-state index is 5.47. The van der Waals surface area contributed by atoms with Crippen LogP contribution in [0.1, 0.15) is 39.0 Å². The van der Waals surface area contributed by atoms with E-state index in [2.05, 4.69) is 18.2 Å². The summed E-state index contributed by atoms with van der Waals surface area (Å²) in [4.78, 5) is 0. The molecular formula is C12H21NO. The molecule has 0 aromatic carbocycles. The SMILES string of the molecule is C#CC(CCC)NC1CCCOCC1. The van der Waals surface area contributed by atoms with Crippen LogP contribution in [0.4, 0.5) is 0 Å². The molecule has 80 valence electrons. The second-order valence-corrected chi connectivity index (χ2v) is 3.91. The highest BCUT2D eigenvalue weighted by Gasteiger charge is 2.14. The molecule has 1 aliphatic rings. The lowest BCUT2D eigenvalue weighted by atomic mass is 10.1. The Bertz CT molecular complexity index is 177. The fourth-order valence-electron chi connectivity index (χ4n) is 1.86. The maximum Gasteiger partial charge on any atom is 0.0688 e. The van der Waals surface area contributed by atoms with Crippen molar-refractivity contribution in [2.75, 3.05) is 13.2 Å². The maximum absolute atomic E-state index is 5.47. The van der Waals surface area contributed by atoms with Crippen LogP contribution in [-0.2, 0) is 4.74 Å². The largest absolute Gasteiger partial charge is 0.381 e. The van der Waals surface area contributed by atoms with Crippen molar-refractivity contribution in [3.63, 3.8) is 0 Å². The molecule has 14 heavy (non-hydrogen) atoms. The van der Waals surface area contributed by atoms with Crippen LogP contribution < -0.4 is 5.32 Å². The number of terminal acetylenes is 1. The van der Waals surface area contributed by atoms with E-state index in [0.29, 0.717) is 6.04 Å². The first-order chi connectivity index (χ1) is 6.86. The number of hydrogen-bond donors (Lipinski definition) is 1. The molecule has 0 aliphatic carbocycles. The van der Waals surface area contributed by atoms with E-state index >= 15 is 0 Å². The Labute approximate surface area is 87.4 Å². The van der Waals surface area contributed by atoms with Crippen molar-refractivity contribution in [1.29, 1.82) is 0 Å². The molecule has 2 heteroatoms. The highest BCUT2D eigenvalue weighted by Crippen LogP contribution is 2.09. The van der Waals surface area contributed by atoms with Crippen LogP contribution in [0.15, 0.2) is 0 Å². The molecule has 0 saturated carbocycles. The molecule has 1 fully saturated rings. The van der Waals surface area contributed by atoms with Crippen molar-refractivity contribution in [3.05, 3.63) is 0 Å². The molecule has 2 atom stereocenters. The van der Waals surface area contributed by atoms with Crippen molar-refractivity contribution in [1.82, 2.24) is 5.32 Å². The predicted molar refractivity (Wildman–Crippen MR) is 59.1 cm³/mol. The summed E-state index contributed by atoms with van der Waals surface area (Å²) >= 11 is 0. The third-order valence-corrected chi connectivity index (χ3v) is 2.67. The van der Waals surface area contributed by atoms with Crippen LogP contribution in [0.2, 0.25) is 0 Å². The van der Waals surface area contributed by atoms with Crippen LogP contribution >= 0.6 is 0 Å². The van der Waals surface area contributed by atoms with Gasteiger partial charge in [0.15, 0.2) is 0 Å². The number of nitrogens with one attached hydrogen (secondary N) is 1. The van der Waals surface area contributed by atoms with E-state index in [-0.39, 0.29) is 6.04 Å². The standard InChI is InChI=1S/C12H21NO/c1-3-6-11(4-2)13-12-7-5-9-14-10-8-12/h2,11-13H,3,5-10H2,1H3. The van der Waals surface area contributed by atoms with E-state index in [1.807, 2.05) is 0 Å². The van der Waals surface area contributed by atoms with Crippen LogP contribution in [0.5, 0.6) is 0 Å². The summed E-state index contributed by atoms with van der Waals surface area (Å²) in [5, 5.41) is 3.53. The van der Waals surface area contributed by atoms with Gasteiger partial charge in [-0.1, -0.05) is 19.3 Å². The van der Waals surface area contributed by atoms with Crippen LogP contribution in [0, 0.1) is 12.3 Å². The highest BCUT2D eigenvalue weighted by atomic mass is 16.5. The number of rotatable bonds is 4. The van der Waals surface area contributed by atoms with Gasteiger partial charge in [-0.2, -0.15) is 0 Å². The molecule has 1 rings (SSSR count). The summed E-state index contributed by atoms with van der Waals surface area (Å²) in [6, 6.07) is 0.813. The van der Waals surface area contributed by atoms with Gasteiger partial charge in [-0.15, -0.1) is 6.42 Å². The molecule has 0 radical (unpaired) electrons. The van der Waals surface area contributed by atoms with E-state index < -0.39 is 0 Å². The smallest absolute Gasteiger partial charge is 0.0688 e. The van der Waals surface area contributed by atoms with Gasteiger partial charge in [0.05, 0.1) is 6.04 Å². The fourth-order valence-corrected chi connectivity index (χ4v) is 1.86. The van der Waals surface area contributed by atoms with Gasteiger partial charge in [0, 0.05) is 19.3 Å². The molecule has 2 nitrogen and oxygen atoms in total. The van der Waals surface area contributed by atoms with Gasteiger partial charge in [0.1, 0.15) is 0 Å². The third-order valence-electron chi connectivity index (χ3n) is 2.67. The van der Waals surface area contributed by atoms with E-state index in [4.69, 9.17) is 11.2 Å². The number of hydrogen-bond acceptors (Lipinski definition) is 2. The molecule has 0 amide bonds. The molecule has 0 spiro atoms. The predicted octanol–water partition coefficient (Wildman–Crippen LogP) is 1.95. The minimum absolute atomic E-state index is 0.253. The normalized spacial score (nSPS) is 25.0. The van der Waals surface area contributed by atoms with Crippen LogP contribution in [-0.4, -0.2) is 25.3 Å². The molecule has 1 saturated heterocycles. The Kier molecular flexibility index (Phi) is 5.66. The second kappa shape index (κ2) is 6.86. The Morgan fingerprint density at radius 1 is 1.50 bits per heavy atom. The fraction of sp³-hybridized carbons (Fsp3) is 0.833. The Hall–Kier alpha value is -0.520. The van der Waals surface area contributed by atoms with Gasteiger partial charge in [0.25, 0.3) is 0 Å². The minimum atomic E-state index is 0.253. The van der Waals surface area contributed by atoms with E-state index in [0.717, 1.165) is 38.9 Å². The average molecular weight is 195 g/mol. The van der Waals surface area contributed by atoms with Crippen LogP contribution in [0.25, 0.3) is 0 Å². The summed E-state index contributed by atoms with van der Waals surface area (Å²) < 4.78 is 5.41. The quantitative estimate of drug-likeness (QED) is 0.692. The van der Waals surface area contributed by atoms with Gasteiger partial charge in [-0.25, -0.2) is 0 Å². The molecule has 0 aromatic rings. The van der Waals surface area contributed by atoms with E-state index in [1.165, 1.54) is 6.42 Å². The third kappa shape index (κ3) is 4.13. The lowest BCUT2D eigenvalue weighted by Crippen LogP contribution is -2.37. The summed E-state index contributed by atoms with van der Waals surface area (Å²) in [7, 11) is 0. The Balaban J connectivity index is 2.29. The lowest BCUT2D eigenvalue weighted by Gasteiger charge is -2.20. The summed E-state index contributed by atoms with van der Waals surface area (Å²) in [6.45, 7) is 3.95. The first-order valence-electron chi connectivity index (χ1n) is 5.66. The highest BCUT2D eigenvalue weighted by molar-refractivity contribution is 4.99. The average Bonchev–Trinajstić information content (AvgIpc) is 2.45. The lowest BCUT2D eigenvalue weighted by molar-refractivity contribution is 0.142. The van der Waals surface area contributed by atoms with Gasteiger partial charge in [-0.05, 0) is 25.7 Å². The van der Waals surface area contributed by atoms with Gasteiger partial charge in [0.2, 0.25) is 0 Å². The minimum Gasteiger partial charge on any atom is -0.381 e. The van der Waals surface area contributed by atoms with Crippen molar-refractivity contribution < 1.29 is 4.74 Å². The summed E-state index contributed by atoms with van der Waals surface area (Å²) in [5.41, 5.74) is 0. The zero-order chi connectivity index (χ0) is 10.2.